The first-order chi connectivity index (χ1) is 19.2. The summed E-state index contributed by atoms with van der Waals surface area (Å²) in [5, 5.41) is 5.40. The topological polar surface area (TPSA) is 168 Å². The second-order valence-electron chi connectivity index (χ2n) is 9.23. The summed E-state index contributed by atoms with van der Waals surface area (Å²) < 4.78 is 0. The first kappa shape index (κ1) is 28.7. The quantitative estimate of drug-likeness (QED) is 0.143. The summed E-state index contributed by atoms with van der Waals surface area (Å²) in [6.45, 7) is 2.93. The van der Waals surface area contributed by atoms with Crippen molar-refractivity contribution < 1.29 is 9.59 Å². The molecule has 4 aromatic heterocycles. The molecular weight excluding hydrogens is 540 g/mol. The van der Waals surface area contributed by atoms with Gasteiger partial charge in [-0.25, -0.2) is 9.97 Å². The summed E-state index contributed by atoms with van der Waals surface area (Å²) in [4.78, 5) is 37.4. The van der Waals surface area contributed by atoms with Crippen LogP contribution in [0.2, 0.25) is 0 Å². The molecule has 208 valence electrons. The number of nitrogens with one attached hydrogen (secondary N) is 4. The molecule has 0 aliphatic rings. The number of aromatic nitrogens is 4. The van der Waals surface area contributed by atoms with Crippen LogP contribution in [0.3, 0.4) is 0 Å². The smallest absolute Gasteiger partial charge is 0.222 e. The third kappa shape index (κ3) is 7.00. The third-order valence-corrected chi connectivity index (χ3v) is 6.01. The average Bonchev–Trinajstić information content (AvgIpc) is 3.53. The number of pyridine rings is 2. The number of nitrogen functional groups attached to an aromatic ring is 2. The highest BCUT2D eigenvalue weighted by molar-refractivity contribution is 5.91. The maximum atomic E-state index is 11.1. The van der Waals surface area contributed by atoms with Crippen LogP contribution in [0.4, 0.5) is 23.0 Å². The highest BCUT2D eigenvalue weighted by Crippen LogP contribution is 2.26. The molecule has 0 unspecified atom stereocenters. The number of amides is 2. The predicted octanol–water partition coefficient (Wildman–Crippen LogP) is 5.96. The molecule has 0 atom stereocenters. The Morgan fingerprint density at radius 2 is 1.17 bits per heavy atom. The molecule has 0 aliphatic heterocycles. The fourth-order valence-electron chi connectivity index (χ4n) is 4.19. The largest absolute Gasteiger partial charge is 0.399 e. The molecule has 11 heteroatoms. The summed E-state index contributed by atoms with van der Waals surface area (Å²) in [6, 6.07) is 26.5. The molecule has 4 heterocycles. The molecule has 8 N–H and O–H groups in total. The lowest BCUT2D eigenvalue weighted by Gasteiger charge is -2.03. The van der Waals surface area contributed by atoms with Crippen molar-refractivity contribution in [2.24, 2.45) is 0 Å². The average molecular weight is 569 g/mol. The van der Waals surface area contributed by atoms with Crippen LogP contribution in [0, 0.1) is 0 Å². The minimum absolute atomic E-state index is 0. The van der Waals surface area contributed by atoms with Crippen molar-refractivity contribution in [1.82, 2.24) is 19.9 Å². The highest BCUT2D eigenvalue weighted by atomic mass is 35.5. The summed E-state index contributed by atoms with van der Waals surface area (Å²) in [5.41, 5.74) is 20.3. The summed E-state index contributed by atoms with van der Waals surface area (Å²) in [6.07, 6.45) is 0. The third-order valence-electron chi connectivity index (χ3n) is 6.01. The van der Waals surface area contributed by atoms with Crippen molar-refractivity contribution in [3.8, 4) is 22.5 Å². The van der Waals surface area contributed by atoms with E-state index in [0.717, 1.165) is 56.0 Å². The number of anilines is 4. The second kappa shape index (κ2) is 12.2. The molecule has 6 aromatic rings. The number of carbonyl (C=O) groups is 2. The van der Waals surface area contributed by atoms with E-state index in [4.69, 9.17) is 11.5 Å². The first-order valence-corrected chi connectivity index (χ1v) is 12.5. The van der Waals surface area contributed by atoms with Gasteiger partial charge in [0.2, 0.25) is 11.8 Å². The van der Waals surface area contributed by atoms with Gasteiger partial charge in [-0.2, -0.15) is 0 Å². The van der Waals surface area contributed by atoms with Crippen molar-refractivity contribution in [2.75, 3.05) is 22.1 Å². The lowest BCUT2D eigenvalue weighted by molar-refractivity contribution is -0.115. The summed E-state index contributed by atoms with van der Waals surface area (Å²) in [7, 11) is 0. The fourth-order valence-corrected chi connectivity index (χ4v) is 4.19. The molecule has 2 amide bonds. The number of rotatable bonds is 4. The maximum Gasteiger partial charge on any atom is 0.222 e. The lowest BCUT2D eigenvalue weighted by Crippen LogP contribution is -2.06. The zero-order valence-corrected chi connectivity index (χ0v) is 23.2. The number of aromatic amines is 2. The zero-order chi connectivity index (χ0) is 28.2. The number of nitrogens with zero attached hydrogens (tertiary/aromatic N) is 2. The van der Waals surface area contributed by atoms with Crippen LogP contribution < -0.4 is 22.1 Å². The number of nitrogens with two attached hydrogens (primary N) is 2. The van der Waals surface area contributed by atoms with E-state index in [9.17, 15) is 9.59 Å². The number of H-pyrrole nitrogens is 2. The van der Waals surface area contributed by atoms with Crippen molar-refractivity contribution in [2.45, 2.75) is 13.8 Å². The predicted molar refractivity (Wildman–Crippen MR) is 168 cm³/mol. The van der Waals surface area contributed by atoms with Gasteiger partial charge in [0.05, 0.1) is 22.1 Å². The Morgan fingerprint density at radius 1 is 0.659 bits per heavy atom. The number of halogens is 1. The molecule has 0 spiro atoms. The molecule has 0 saturated carbocycles. The van der Waals surface area contributed by atoms with E-state index in [-0.39, 0.29) is 24.2 Å². The fraction of sp³-hybridized carbons (Fsp3) is 0.0667. The van der Waals surface area contributed by atoms with E-state index in [0.29, 0.717) is 11.6 Å². The van der Waals surface area contributed by atoms with Crippen LogP contribution in [-0.4, -0.2) is 31.8 Å². The van der Waals surface area contributed by atoms with Gasteiger partial charge in [0, 0.05) is 36.6 Å². The van der Waals surface area contributed by atoms with E-state index < -0.39 is 0 Å². The van der Waals surface area contributed by atoms with Gasteiger partial charge in [0.1, 0.15) is 11.6 Å². The van der Waals surface area contributed by atoms with Gasteiger partial charge in [-0.3, -0.25) is 9.59 Å². The molecule has 41 heavy (non-hydrogen) atoms. The standard InChI is InChI=1S/C17H16N4O2.C13H12N4.ClH/c1-10(22)18-13-5-3-12(4-6-13)15-9-16-14(20-15)7-8-17(21-16)19-11(2)23;14-9-3-1-8(2-4-9)11-7-12-10(16-11)5-6-13(15)17-12;/h3-9,20H,1-2H3,(H,18,22)(H,19,21,23);1-7,16H,14H2,(H2,15,17);1H. The van der Waals surface area contributed by atoms with Crippen LogP contribution in [0.25, 0.3) is 44.6 Å². The SMILES string of the molecule is CC(=O)Nc1ccc(-c2cc3nc(NC(C)=O)ccc3[nH]2)cc1.Cl.Nc1ccc(-c2cc3nc(N)ccc3[nH]2)cc1. The second-order valence-corrected chi connectivity index (χ2v) is 9.23. The van der Waals surface area contributed by atoms with Gasteiger partial charge in [-0.05, 0) is 71.8 Å². The highest BCUT2D eigenvalue weighted by Gasteiger charge is 2.07. The van der Waals surface area contributed by atoms with Gasteiger partial charge in [-0.1, -0.05) is 24.3 Å². The number of fused-ring (bicyclic) bond motifs is 2. The Hall–Kier alpha value is -5.35. The Bertz CT molecular complexity index is 1830. The van der Waals surface area contributed by atoms with Crippen LogP contribution in [-0.2, 0) is 9.59 Å². The van der Waals surface area contributed by atoms with Gasteiger partial charge in [0.15, 0.2) is 0 Å². The van der Waals surface area contributed by atoms with Crippen LogP contribution in [0.15, 0.2) is 84.9 Å². The van der Waals surface area contributed by atoms with Crippen molar-refractivity contribution >= 4 is 69.3 Å². The van der Waals surface area contributed by atoms with E-state index in [1.165, 1.54) is 13.8 Å². The number of carbonyl (C=O) groups excluding carboxylic acids is 2. The van der Waals surface area contributed by atoms with E-state index in [1.807, 2.05) is 72.8 Å². The van der Waals surface area contributed by atoms with Gasteiger partial charge in [0.25, 0.3) is 0 Å². The zero-order valence-electron chi connectivity index (χ0n) is 22.4. The van der Waals surface area contributed by atoms with Crippen LogP contribution >= 0.6 is 12.4 Å². The van der Waals surface area contributed by atoms with E-state index in [2.05, 4.69) is 30.6 Å². The molecular formula is C30H29ClN8O2. The maximum absolute atomic E-state index is 11.1. The molecule has 0 fully saturated rings. The molecule has 0 radical (unpaired) electrons. The normalized spacial score (nSPS) is 10.4. The molecule has 0 aliphatic carbocycles. The summed E-state index contributed by atoms with van der Waals surface area (Å²) in [5.74, 6) is 0.802. The van der Waals surface area contributed by atoms with Gasteiger partial charge < -0.3 is 32.1 Å². The first-order valence-electron chi connectivity index (χ1n) is 12.5. The van der Waals surface area contributed by atoms with Gasteiger partial charge in [-0.15, -0.1) is 12.4 Å². The minimum Gasteiger partial charge on any atom is -0.399 e. The number of benzene rings is 2. The lowest BCUT2D eigenvalue weighted by atomic mass is 10.1. The molecule has 0 saturated heterocycles. The number of hydrogen-bond acceptors (Lipinski definition) is 6. The molecule has 0 bridgehead atoms. The van der Waals surface area contributed by atoms with Crippen LogP contribution in [0.5, 0.6) is 0 Å². The van der Waals surface area contributed by atoms with Gasteiger partial charge >= 0.3 is 0 Å². The number of hydrogen-bond donors (Lipinski definition) is 6. The Morgan fingerprint density at radius 3 is 1.73 bits per heavy atom. The minimum atomic E-state index is -0.152. The van der Waals surface area contributed by atoms with Crippen molar-refractivity contribution in [3.05, 3.63) is 84.9 Å². The Balaban J connectivity index is 0.000000192. The van der Waals surface area contributed by atoms with Crippen molar-refractivity contribution in [1.29, 1.82) is 0 Å². The summed E-state index contributed by atoms with van der Waals surface area (Å²) >= 11 is 0. The Kier molecular flexibility index (Phi) is 8.54. The van der Waals surface area contributed by atoms with Crippen molar-refractivity contribution in [3.63, 3.8) is 0 Å². The molecule has 10 nitrogen and oxygen atoms in total. The monoisotopic (exact) mass is 568 g/mol. The Labute approximate surface area is 242 Å². The molecule has 2 aromatic carbocycles. The van der Waals surface area contributed by atoms with E-state index in [1.54, 1.807) is 12.1 Å². The van der Waals surface area contributed by atoms with Crippen LogP contribution in [0.1, 0.15) is 13.8 Å². The van der Waals surface area contributed by atoms with E-state index >= 15 is 0 Å². The molecule has 6 rings (SSSR count).